The number of aromatic nitrogens is 3. The van der Waals surface area contributed by atoms with Gasteiger partial charge in [0, 0.05) is 38.6 Å². The van der Waals surface area contributed by atoms with Crippen LogP contribution in [-0.4, -0.2) is 60.5 Å². The van der Waals surface area contributed by atoms with Crippen LogP contribution in [0.2, 0.25) is 0 Å². The number of aryl methyl sites for hydroxylation is 1. The van der Waals surface area contributed by atoms with Gasteiger partial charge in [-0.25, -0.2) is 4.52 Å². The number of imidazole rings is 1. The summed E-state index contributed by atoms with van der Waals surface area (Å²) in [4.78, 5) is 30.6. The fraction of sp³-hybridized carbons (Fsp3) is 0.611. The highest BCUT2D eigenvalue weighted by atomic mass is 16.2. The molecule has 1 saturated carbocycles. The molecule has 0 bridgehead atoms. The second-order valence-corrected chi connectivity index (χ2v) is 7.66. The van der Waals surface area contributed by atoms with Gasteiger partial charge >= 0.3 is 0 Å². The average molecular weight is 341 g/mol. The maximum atomic E-state index is 13.4. The van der Waals surface area contributed by atoms with Gasteiger partial charge in [0.05, 0.1) is 6.20 Å². The molecule has 0 N–H and O–H groups in total. The molecule has 7 nitrogen and oxygen atoms in total. The van der Waals surface area contributed by atoms with Crippen LogP contribution in [0, 0.1) is 0 Å². The van der Waals surface area contributed by atoms with Gasteiger partial charge in [-0.05, 0) is 38.5 Å². The summed E-state index contributed by atoms with van der Waals surface area (Å²) in [6.45, 7) is 1.51. The van der Waals surface area contributed by atoms with E-state index in [1.807, 2.05) is 33.8 Å². The molecule has 2 saturated heterocycles. The SMILES string of the molecule is Cn1ccn2ncc(C(=O)N3CCCC34CCCN(C3CC3)C4=O)c12. The molecule has 7 heteroatoms. The Labute approximate surface area is 146 Å². The van der Waals surface area contributed by atoms with Gasteiger partial charge in [-0.3, -0.25) is 9.59 Å². The van der Waals surface area contributed by atoms with Crippen LogP contribution in [0.1, 0.15) is 48.9 Å². The Morgan fingerprint density at radius 3 is 2.72 bits per heavy atom. The van der Waals surface area contributed by atoms with E-state index >= 15 is 0 Å². The van der Waals surface area contributed by atoms with Crippen molar-refractivity contribution in [1.82, 2.24) is 24.0 Å². The summed E-state index contributed by atoms with van der Waals surface area (Å²) in [7, 11) is 1.91. The molecule has 2 aliphatic heterocycles. The molecule has 132 valence electrons. The predicted octanol–water partition coefficient (Wildman–Crippen LogP) is 1.43. The van der Waals surface area contributed by atoms with Gasteiger partial charge < -0.3 is 14.4 Å². The van der Waals surface area contributed by atoms with Crippen LogP contribution in [0.3, 0.4) is 0 Å². The Balaban J connectivity index is 1.53. The van der Waals surface area contributed by atoms with Crippen molar-refractivity contribution >= 4 is 17.5 Å². The smallest absolute Gasteiger partial charge is 0.260 e. The van der Waals surface area contributed by atoms with Crippen LogP contribution in [0.25, 0.3) is 5.65 Å². The third-order valence-electron chi connectivity index (χ3n) is 6.14. The van der Waals surface area contributed by atoms with E-state index < -0.39 is 5.54 Å². The van der Waals surface area contributed by atoms with Crippen molar-refractivity contribution in [1.29, 1.82) is 0 Å². The molecular formula is C18H23N5O2. The minimum absolute atomic E-state index is 0.0553. The zero-order chi connectivity index (χ0) is 17.2. The Morgan fingerprint density at radius 2 is 1.96 bits per heavy atom. The summed E-state index contributed by atoms with van der Waals surface area (Å²) >= 11 is 0. The zero-order valence-corrected chi connectivity index (χ0v) is 14.5. The van der Waals surface area contributed by atoms with Crippen LogP contribution < -0.4 is 0 Å². The summed E-state index contributed by atoms with van der Waals surface area (Å²) in [6.07, 6.45) is 11.1. The van der Waals surface area contributed by atoms with Crippen LogP contribution in [-0.2, 0) is 11.8 Å². The van der Waals surface area contributed by atoms with Crippen LogP contribution in [0.5, 0.6) is 0 Å². The number of likely N-dealkylation sites (tertiary alicyclic amines) is 2. The Kier molecular flexibility index (Phi) is 3.05. The van der Waals surface area contributed by atoms with E-state index in [2.05, 4.69) is 5.10 Å². The first kappa shape index (κ1) is 15.0. The van der Waals surface area contributed by atoms with Gasteiger partial charge in [-0.2, -0.15) is 5.10 Å². The third kappa shape index (κ3) is 2.01. The molecule has 2 aromatic heterocycles. The summed E-state index contributed by atoms with van der Waals surface area (Å²) in [5.41, 5.74) is 0.747. The number of carbonyl (C=O) groups excluding carboxylic acids is 2. The average Bonchev–Trinajstić information content (AvgIpc) is 3.06. The van der Waals surface area contributed by atoms with Crippen molar-refractivity contribution in [3.05, 3.63) is 24.2 Å². The van der Waals surface area contributed by atoms with E-state index in [-0.39, 0.29) is 11.8 Å². The van der Waals surface area contributed by atoms with Gasteiger partial charge in [0.15, 0.2) is 0 Å². The number of hydrogen-bond donors (Lipinski definition) is 0. The van der Waals surface area contributed by atoms with Crippen molar-refractivity contribution in [3.8, 4) is 0 Å². The lowest BCUT2D eigenvalue weighted by atomic mass is 9.85. The van der Waals surface area contributed by atoms with Gasteiger partial charge in [-0.1, -0.05) is 0 Å². The molecule has 5 rings (SSSR count). The summed E-state index contributed by atoms with van der Waals surface area (Å²) in [5, 5.41) is 4.29. The topological polar surface area (TPSA) is 62.9 Å². The number of hydrogen-bond acceptors (Lipinski definition) is 3. The van der Waals surface area contributed by atoms with Crippen LogP contribution in [0.4, 0.5) is 0 Å². The number of fused-ring (bicyclic) bond motifs is 1. The van der Waals surface area contributed by atoms with Crippen molar-refractivity contribution < 1.29 is 9.59 Å². The number of carbonyl (C=O) groups is 2. The van der Waals surface area contributed by atoms with E-state index in [1.54, 1.807) is 10.7 Å². The number of rotatable bonds is 2. The fourth-order valence-electron chi connectivity index (χ4n) is 4.76. The van der Waals surface area contributed by atoms with E-state index in [0.717, 1.165) is 50.7 Å². The first-order valence-electron chi connectivity index (χ1n) is 9.23. The minimum Gasteiger partial charge on any atom is -0.338 e. The highest BCUT2D eigenvalue weighted by Gasteiger charge is 2.55. The van der Waals surface area contributed by atoms with E-state index in [9.17, 15) is 9.59 Å². The molecule has 1 spiro atoms. The minimum atomic E-state index is -0.628. The molecule has 1 aliphatic carbocycles. The van der Waals surface area contributed by atoms with Crippen molar-refractivity contribution in [3.63, 3.8) is 0 Å². The summed E-state index contributed by atoms with van der Waals surface area (Å²) in [6, 6.07) is 0.415. The molecular weight excluding hydrogens is 318 g/mol. The van der Waals surface area contributed by atoms with Crippen molar-refractivity contribution in [2.24, 2.45) is 7.05 Å². The monoisotopic (exact) mass is 341 g/mol. The molecule has 3 fully saturated rings. The normalized spacial score (nSPS) is 27.0. The first-order valence-corrected chi connectivity index (χ1v) is 9.23. The van der Waals surface area contributed by atoms with Crippen LogP contribution in [0.15, 0.2) is 18.6 Å². The summed E-state index contributed by atoms with van der Waals surface area (Å²) < 4.78 is 3.62. The maximum Gasteiger partial charge on any atom is 0.260 e. The largest absolute Gasteiger partial charge is 0.338 e. The molecule has 3 aliphatic rings. The molecule has 2 aromatic rings. The highest BCUT2D eigenvalue weighted by Crippen LogP contribution is 2.42. The molecule has 1 atom stereocenters. The number of piperidine rings is 1. The lowest BCUT2D eigenvalue weighted by Gasteiger charge is -2.44. The summed E-state index contributed by atoms with van der Waals surface area (Å²) in [5.74, 6) is 0.127. The van der Waals surface area contributed by atoms with Gasteiger partial charge in [0.25, 0.3) is 5.91 Å². The quantitative estimate of drug-likeness (QED) is 0.830. The lowest BCUT2D eigenvalue weighted by Crippen LogP contribution is -2.61. The Hall–Kier alpha value is -2.31. The van der Waals surface area contributed by atoms with Crippen molar-refractivity contribution in [2.45, 2.75) is 50.1 Å². The molecule has 4 heterocycles. The third-order valence-corrected chi connectivity index (χ3v) is 6.14. The van der Waals surface area contributed by atoms with Gasteiger partial charge in [0.1, 0.15) is 16.7 Å². The molecule has 1 unspecified atom stereocenters. The second-order valence-electron chi connectivity index (χ2n) is 7.66. The number of amides is 2. The van der Waals surface area contributed by atoms with E-state index in [0.29, 0.717) is 18.2 Å². The molecule has 25 heavy (non-hydrogen) atoms. The van der Waals surface area contributed by atoms with Crippen LogP contribution >= 0.6 is 0 Å². The standard InChI is InChI=1S/C18H23N5O2/c1-20-10-11-23-15(20)14(12-19-23)16(24)22-9-3-7-18(22)6-2-8-21(17(18)25)13-4-5-13/h10-13H,2-9H2,1H3. The fourth-order valence-corrected chi connectivity index (χ4v) is 4.76. The maximum absolute atomic E-state index is 13.4. The van der Waals surface area contributed by atoms with E-state index in [4.69, 9.17) is 0 Å². The molecule has 2 amide bonds. The lowest BCUT2D eigenvalue weighted by molar-refractivity contribution is -0.146. The molecule has 0 radical (unpaired) electrons. The van der Waals surface area contributed by atoms with Crippen molar-refractivity contribution in [2.75, 3.05) is 13.1 Å². The van der Waals surface area contributed by atoms with E-state index in [1.165, 1.54) is 0 Å². The van der Waals surface area contributed by atoms with Gasteiger partial charge in [0.2, 0.25) is 5.91 Å². The van der Waals surface area contributed by atoms with Gasteiger partial charge in [-0.15, -0.1) is 0 Å². The second kappa shape index (κ2) is 5.09. The first-order chi connectivity index (χ1) is 12.1. The Morgan fingerprint density at radius 1 is 1.20 bits per heavy atom. The Bertz CT molecular complexity index is 864. The number of nitrogens with zero attached hydrogens (tertiary/aromatic N) is 5. The predicted molar refractivity (Wildman–Crippen MR) is 91.1 cm³/mol. The zero-order valence-electron chi connectivity index (χ0n) is 14.5. The highest BCUT2D eigenvalue weighted by molar-refractivity contribution is 6.03. The molecule has 0 aromatic carbocycles.